The van der Waals surface area contributed by atoms with E-state index in [1.165, 1.54) is 5.56 Å². The third-order valence-electron chi connectivity index (χ3n) is 3.19. The first-order valence-electron chi connectivity index (χ1n) is 6.42. The first-order valence-corrected chi connectivity index (χ1v) is 8.00. The van der Waals surface area contributed by atoms with Crippen molar-refractivity contribution in [1.82, 2.24) is 5.32 Å². The van der Waals surface area contributed by atoms with E-state index in [0.717, 1.165) is 26.8 Å². The molecule has 2 aromatic carbocycles. The first-order chi connectivity index (χ1) is 9.61. The van der Waals surface area contributed by atoms with Crippen LogP contribution >= 0.6 is 44.3 Å². The molecular formula is C16H18Br2ClNO. The molecule has 0 fully saturated rings. The number of methoxy groups -OCH3 is 1. The molecule has 5 heteroatoms. The summed E-state index contributed by atoms with van der Waals surface area (Å²) in [4.78, 5) is 0. The highest BCUT2D eigenvalue weighted by atomic mass is 79.9. The van der Waals surface area contributed by atoms with Crippen molar-refractivity contribution in [3.8, 4) is 5.75 Å². The summed E-state index contributed by atoms with van der Waals surface area (Å²) in [6.07, 6.45) is 0. The predicted octanol–water partition coefficient (Wildman–Crippen LogP) is 5.49. The fourth-order valence-electron chi connectivity index (χ4n) is 2.10. The summed E-state index contributed by atoms with van der Waals surface area (Å²) in [5.74, 6) is 0.876. The summed E-state index contributed by atoms with van der Waals surface area (Å²) in [6, 6.07) is 14.8. The van der Waals surface area contributed by atoms with Crippen molar-refractivity contribution in [2.45, 2.75) is 19.5 Å². The Morgan fingerprint density at radius 1 is 1.14 bits per heavy atom. The van der Waals surface area contributed by atoms with Gasteiger partial charge in [-0.05, 0) is 40.5 Å². The maximum atomic E-state index is 5.46. The van der Waals surface area contributed by atoms with Gasteiger partial charge in [-0.25, -0.2) is 0 Å². The number of ether oxygens (including phenoxy) is 1. The molecule has 0 radical (unpaired) electrons. The molecule has 0 aliphatic carbocycles. The quantitative estimate of drug-likeness (QED) is 0.670. The van der Waals surface area contributed by atoms with Gasteiger partial charge in [0.05, 0.1) is 11.6 Å². The second-order valence-electron chi connectivity index (χ2n) is 4.59. The molecule has 2 nitrogen and oxygen atoms in total. The Morgan fingerprint density at radius 3 is 2.43 bits per heavy atom. The fraction of sp³-hybridized carbons (Fsp3) is 0.250. The molecule has 114 valence electrons. The van der Waals surface area contributed by atoms with Crippen molar-refractivity contribution >= 4 is 44.3 Å². The van der Waals surface area contributed by atoms with E-state index in [9.17, 15) is 0 Å². The number of rotatable bonds is 5. The molecular weight excluding hydrogens is 417 g/mol. The van der Waals surface area contributed by atoms with Crippen LogP contribution in [0.1, 0.15) is 24.1 Å². The molecule has 1 N–H and O–H groups in total. The van der Waals surface area contributed by atoms with Crippen LogP contribution in [-0.2, 0) is 6.54 Å². The maximum Gasteiger partial charge on any atom is 0.137 e. The lowest BCUT2D eigenvalue weighted by Crippen LogP contribution is -2.18. The minimum atomic E-state index is 0. The first kappa shape index (κ1) is 18.5. The second kappa shape index (κ2) is 8.79. The summed E-state index contributed by atoms with van der Waals surface area (Å²) in [6.45, 7) is 2.91. The summed E-state index contributed by atoms with van der Waals surface area (Å²) < 4.78 is 7.45. The van der Waals surface area contributed by atoms with Crippen LogP contribution in [0.4, 0.5) is 0 Å². The van der Waals surface area contributed by atoms with Crippen molar-refractivity contribution in [1.29, 1.82) is 0 Å². The van der Waals surface area contributed by atoms with E-state index in [4.69, 9.17) is 4.74 Å². The SMILES string of the molecule is COc1c(Br)cc(Br)cc1CNC(C)c1ccccc1.Cl. The average molecular weight is 436 g/mol. The molecule has 0 amide bonds. The van der Waals surface area contributed by atoms with E-state index in [1.54, 1.807) is 7.11 Å². The van der Waals surface area contributed by atoms with Crippen LogP contribution in [-0.4, -0.2) is 7.11 Å². The molecule has 0 bridgehead atoms. The van der Waals surface area contributed by atoms with Crippen molar-refractivity contribution in [3.63, 3.8) is 0 Å². The normalized spacial score (nSPS) is 11.6. The largest absolute Gasteiger partial charge is 0.495 e. The highest BCUT2D eigenvalue weighted by Crippen LogP contribution is 2.32. The maximum absolute atomic E-state index is 5.46. The van der Waals surface area contributed by atoms with E-state index in [2.05, 4.69) is 74.4 Å². The molecule has 0 aliphatic rings. The number of benzene rings is 2. The summed E-state index contributed by atoms with van der Waals surface area (Å²) in [5.41, 5.74) is 2.40. The predicted molar refractivity (Wildman–Crippen MR) is 97.3 cm³/mol. The minimum Gasteiger partial charge on any atom is -0.495 e. The highest BCUT2D eigenvalue weighted by Gasteiger charge is 2.11. The van der Waals surface area contributed by atoms with E-state index < -0.39 is 0 Å². The smallest absolute Gasteiger partial charge is 0.137 e. The van der Waals surface area contributed by atoms with Gasteiger partial charge in [0.2, 0.25) is 0 Å². The van der Waals surface area contributed by atoms with Crippen LogP contribution < -0.4 is 10.1 Å². The monoisotopic (exact) mass is 433 g/mol. The summed E-state index contributed by atoms with van der Waals surface area (Å²) >= 11 is 7.04. The second-order valence-corrected chi connectivity index (χ2v) is 6.36. The Morgan fingerprint density at radius 2 is 1.81 bits per heavy atom. The van der Waals surface area contributed by atoms with Crippen LogP contribution in [0.3, 0.4) is 0 Å². The Hall–Kier alpha value is -0.550. The molecule has 0 saturated carbocycles. The standard InChI is InChI=1S/C16H17Br2NO.ClH/c1-11(12-6-4-3-5-7-12)19-10-13-8-14(17)9-15(18)16(13)20-2;/h3-9,11,19H,10H2,1-2H3;1H. The van der Waals surface area contributed by atoms with Gasteiger partial charge < -0.3 is 10.1 Å². The van der Waals surface area contributed by atoms with Gasteiger partial charge in [-0.15, -0.1) is 12.4 Å². The molecule has 0 spiro atoms. The Kier molecular flexibility index (Phi) is 7.74. The average Bonchev–Trinajstić information content (AvgIpc) is 2.45. The van der Waals surface area contributed by atoms with Crippen molar-refractivity contribution < 1.29 is 4.74 Å². The molecule has 2 aromatic rings. The summed E-state index contributed by atoms with van der Waals surface area (Å²) in [5, 5.41) is 3.52. The zero-order valence-electron chi connectivity index (χ0n) is 11.9. The van der Waals surface area contributed by atoms with E-state index >= 15 is 0 Å². The number of hydrogen-bond donors (Lipinski definition) is 1. The van der Waals surface area contributed by atoms with Gasteiger partial charge in [-0.3, -0.25) is 0 Å². The fourth-order valence-corrected chi connectivity index (χ4v) is 3.57. The van der Waals surface area contributed by atoms with Gasteiger partial charge in [-0.1, -0.05) is 46.3 Å². The lowest BCUT2D eigenvalue weighted by atomic mass is 10.1. The van der Waals surface area contributed by atoms with E-state index in [-0.39, 0.29) is 12.4 Å². The third-order valence-corrected chi connectivity index (χ3v) is 4.23. The van der Waals surface area contributed by atoms with E-state index in [1.807, 2.05) is 12.1 Å². The molecule has 1 atom stereocenters. The highest BCUT2D eigenvalue weighted by molar-refractivity contribution is 9.11. The third kappa shape index (κ3) is 4.99. The van der Waals surface area contributed by atoms with Crippen LogP contribution in [0.25, 0.3) is 0 Å². The summed E-state index contributed by atoms with van der Waals surface area (Å²) in [7, 11) is 1.69. The lowest BCUT2D eigenvalue weighted by Gasteiger charge is -2.17. The van der Waals surface area contributed by atoms with Gasteiger partial charge in [0.1, 0.15) is 5.75 Å². The number of hydrogen-bond acceptors (Lipinski definition) is 2. The molecule has 0 saturated heterocycles. The molecule has 0 heterocycles. The van der Waals surface area contributed by atoms with Gasteiger partial charge >= 0.3 is 0 Å². The van der Waals surface area contributed by atoms with Crippen molar-refractivity contribution in [2.75, 3.05) is 7.11 Å². The van der Waals surface area contributed by atoms with Crippen molar-refractivity contribution in [3.05, 3.63) is 62.5 Å². The van der Waals surface area contributed by atoms with Gasteiger partial charge in [0.15, 0.2) is 0 Å². The van der Waals surface area contributed by atoms with E-state index in [0.29, 0.717) is 6.04 Å². The zero-order valence-corrected chi connectivity index (χ0v) is 15.9. The molecule has 1 unspecified atom stereocenters. The molecule has 2 rings (SSSR count). The van der Waals surface area contributed by atoms with Gasteiger partial charge in [-0.2, -0.15) is 0 Å². The Bertz CT molecular complexity index is 578. The van der Waals surface area contributed by atoms with Crippen LogP contribution in [0.15, 0.2) is 51.4 Å². The van der Waals surface area contributed by atoms with Crippen molar-refractivity contribution in [2.24, 2.45) is 0 Å². The molecule has 0 aromatic heterocycles. The molecule has 0 aliphatic heterocycles. The van der Waals surface area contributed by atoms with Crippen LogP contribution in [0.2, 0.25) is 0 Å². The minimum absolute atomic E-state index is 0. The zero-order chi connectivity index (χ0) is 14.5. The van der Waals surface area contributed by atoms with Crippen LogP contribution in [0.5, 0.6) is 5.75 Å². The molecule has 21 heavy (non-hydrogen) atoms. The number of halogens is 3. The van der Waals surface area contributed by atoms with Gasteiger partial charge in [0, 0.05) is 22.6 Å². The lowest BCUT2D eigenvalue weighted by molar-refractivity contribution is 0.403. The van der Waals surface area contributed by atoms with Crippen LogP contribution in [0, 0.1) is 0 Å². The number of nitrogens with one attached hydrogen (secondary N) is 1. The topological polar surface area (TPSA) is 21.3 Å². The Balaban J connectivity index is 0.00000220. The van der Waals surface area contributed by atoms with Gasteiger partial charge in [0.25, 0.3) is 0 Å². The Labute approximate surface area is 148 Å².